The van der Waals surface area contributed by atoms with Crippen molar-refractivity contribution < 1.29 is 22.7 Å². The number of sulfone groups is 1. The van der Waals surface area contributed by atoms with Gasteiger partial charge in [-0.05, 0) is 43.8 Å². The second-order valence-corrected chi connectivity index (χ2v) is 8.56. The van der Waals surface area contributed by atoms with Gasteiger partial charge in [0.25, 0.3) is 0 Å². The number of carbonyl (C=O) groups excluding carboxylic acids is 1. The first-order valence-corrected chi connectivity index (χ1v) is 10.6. The van der Waals surface area contributed by atoms with Gasteiger partial charge in [-0.3, -0.25) is 9.69 Å². The topological polar surface area (TPSA) is 84.9 Å². The third-order valence-corrected chi connectivity index (χ3v) is 5.66. The highest BCUT2D eigenvalue weighted by Gasteiger charge is 2.17. The molecule has 0 saturated carbocycles. The van der Waals surface area contributed by atoms with E-state index < -0.39 is 9.84 Å². The van der Waals surface area contributed by atoms with E-state index in [4.69, 9.17) is 9.47 Å². The van der Waals surface area contributed by atoms with Gasteiger partial charge in [0, 0.05) is 18.4 Å². The van der Waals surface area contributed by atoms with Gasteiger partial charge in [-0.15, -0.1) is 0 Å². The number of hydrogen-bond donors (Lipinski definition) is 1. The van der Waals surface area contributed by atoms with Crippen LogP contribution in [0.3, 0.4) is 0 Å². The van der Waals surface area contributed by atoms with E-state index in [1.54, 1.807) is 49.6 Å². The number of hydrogen-bond acceptors (Lipinski definition) is 6. The van der Waals surface area contributed by atoms with Crippen LogP contribution in [-0.2, 0) is 14.6 Å². The van der Waals surface area contributed by atoms with Gasteiger partial charge in [0.1, 0.15) is 11.5 Å². The molecule has 1 N–H and O–H groups in total. The minimum absolute atomic E-state index is 0.0721. The fraction of sp³-hybridized carbons (Fsp3) is 0.350. The molecule has 28 heavy (non-hydrogen) atoms. The van der Waals surface area contributed by atoms with Crippen molar-refractivity contribution in [2.24, 2.45) is 0 Å². The Balaban J connectivity index is 2.03. The number of amides is 1. The Morgan fingerprint density at radius 3 is 2.29 bits per heavy atom. The molecule has 152 valence electrons. The largest absolute Gasteiger partial charge is 0.497 e. The molecular formula is C20H26N2O5S. The number of ether oxygens (including phenoxy) is 2. The van der Waals surface area contributed by atoms with E-state index >= 15 is 0 Å². The third-order valence-electron chi connectivity index (χ3n) is 4.53. The lowest BCUT2D eigenvalue weighted by Crippen LogP contribution is -2.32. The predicted molar refractivity (Wildman–Crippen MR) is 109 cm³/mol. The molecule has 1 atom stereocenters. The first-order chi connectivity index (χ1) is 13.2. The summed E-state index contributed by atoms with van der Waals surface area (Å²) < 4.78 is 33.6. The first-order valence-electron chi connectivity index (χ1n) is 8.68. The lowest BCUT2D eigenvalue weighted by molar-refractivity contribution is -0.117. The fourth-order valence-electron chi connectivity index (χ4n) is 2.70. The second-order valence-electron chi connectivity index (χ2n) is 6.55. The highest BCUT2D eigenvalue weighted by Crippen LogP contribution is 2.29. The number of likely N-dealkylation sites (N-methyl/N-ethyl adjacent to an activating group) is 1. The molecule has 2 aromatic carbocycles. The van der Waals surface area contributed by atoms with E-state index in [-0.39, 0.29) is 23.4 Å². The van der Waals surface area contributed by atoms with Gasteiger partial charge in [0.15, 0.2) is 9.84 Å². The van der Waals surface area contributed by atoms with Gasteiger partial charge in [-0.1, -0.05) is 12.1 Å². The van der Waals surface area contributed by atoms with Gasteiger partial charge in [-0.25, -0.2) is 8.42 Å². The summed E-state index contributed by atoms with van der Waals surface area (Å²) in [5.74, 6) is 0.962. The Kier molecular flexibility index (Phi) is 7.04. The average Bonchev–Trinajstić information content (AvgIpc) is 2.66. The first kappa shape index (κ1) is 21.7. The number of rotatable bonds is 8. The molecule has 0 aliphatic rings. The van der Waals surface area contributed by atoms with Gasteiger partial charge in [0.05, 0.1) is 31.3 Å². The summed E-state index contributed by atoms with van der Waals surface area (Å²) in [5.41, 5.74) is 1.48. The van der Waals surface area contributed by atoms with Crippen LogP contribution in [0.5, 0.6) is 11.5 Å². The highest BCUT2D eigenvalue weighted by atomic mass is 32.2. The molecule has 0 saturated heterocycles. The maximum absolute atomic E-state index is 12.4. The van der Waals surface area contributed by atoms with Crippen LogP contribution in [-0.4, -0.2) is 53.3 Å². The van der Waals surface area contributed by atoms with E-state index in [1.165, 1.54) is 13.4 Å². The van der Waals surface area contributed by atoms with Crippen molar-refractivity contribution in [1.82, 2.24) is 4.90 Å². The minimum Gasteiger partial charge on any atom is -0.497 e. The SMILES string of the molecule is COc1ccc(NC(=O)CN(C)C(C)c2ccc(S(C)(=O)=O)cc2)c(OC)c1. The van der Waals surface area contributed by atoms with E-state index in [2.05, 4.69) is 5.32 Å². The summed E-state index contributed by atoms with van der Waals surface area (Å²) in [6.45, 7) is 2.11. The Hall–Kier alpha value is -2.58. The number of carbonyl (C=O) groups is 1. The van der Waals surface area contributed by atoms with Gasteiger partial charge in [0.2, 0.25) is 5.91 Å². The number of methoxy groups -OCH3 is 2. The monoisotopic (exact) mass is 406 g/mol. The average molecular weight is 407 g/mol. The Bertz CT molecular complexity index is 926. The molecule has 1 amide bonds. The van der Waals surface area contributed by atoms with E-state index in [0.717, 1.165) is 5.56 Å². The zero-order valence-electron chi connectivity index (χ0n) is 16.7. The molecule has 1 unspecified atom stereocenters. The van der Waals surface area contributed by atoms with Crippen molar-refractivity contribution in [3.05, 3.63) is 48.0 Å². The molecule has 0 bridgehead atoms. The fourth-order valence-corrected chi connectivity index (χ4v) is 3.33. The molecule has 0 spiro atoms. The molecule has 0 aromatic heterocycles. The lowest BCUT2D eigenvalue weighted by atomic mass is 10.1. The zero-order valence-corrected chi connectivity index (χ0v) is 17.5. The summed E-state index contributed by atoms with van der Waals surface area (Å²) in [4.78, 5) is 14.6. The van der Waals surface area contributed by atoms with Gasteiger partial charge < -0.3 is 14.8 Å². The zero-order chi connectivity index (χ0) is 20.9. The van der Waals surface area contributed by atoms with Crippen LogP contribution >= 0.6 is 0 Å². The lowest BCUT2D eigenvalue weighted by Gasteiger charge is -2.25. The predicted octanol–water partition coefficient (Wildman–Crippen LogP) is 2.74. The van der Waals surface area contributed by atoms with Crippen LogP contribution in [0, 0.1) is 0 Å². The maximum Gasteiger partial charge on any atom is 0.238 e. The van der Waals surface area contributed by atoms with Crippen LogP contribution in [0.15, 0.2) is 47.4 Å². The molecule has 8 heteroatoms. The quantitative estimate of drug-likeness (QED) is 0.726. The molecule has 7 nitrogen and oxygen atoms in total. The number of anilines is 1. The summed E-state index contributed by atoms with van der Waals surface area (Å²) in [6.07, 6.45) is 1.18. The van der Waals surface area contributed by atoms with Crippen LogP contribution < -0.4 is 14.8 Å². The van der Waals surface area contributed by atoms with Crippen LogP contribution in [0.1, 0.15) is 18.5 Å². The summed E-state index contributed by atoms with van der Waals surface area (Å²) >= 11 is 0. The Labute approximate surface area is 166 Å². The molecule has 2 aromatic rings. The van der Waals surface area contributed by atoms with Crippen molar-refractivity contribution in [1.29, 1.82) is 0 Å². The summed E-state index contributed by atoms with van der Waals surface area (Å²) in [5, 5.41) is 2.84. The van der Waals surface area contributed by atoms with Crippen LogP contribution in [0.25, 0.3) is 0 Å². The standard InChI is InChI=1S/C20H26N2O5S/c1-14(15-6-9-17(10-7-15)28(5,24)25)22(2)13-20(23)21-18-11-8-16(26-3)12-19(18)27-4/h6-12,14H,13H2,1-5H3,(H,21,23). The van der Waals surface area contributed by atoms with E-state index in [9.17, 15) is 13.2 Å². The summed E-state index contributed by atoms with van der Waals surface area (Å²) in [6, 6.07) is 11.8. The molecule has 2 rings (SSSR count). The van der Waals surface area contributed by atoms with Gasteiger partial charge in [-0.2, -0.15) is 0 Å². The molecule has 0 heterocycles. The smallest absolute Gasteiger partial charge is 0.238 e. The van der Waals surface area contributed by atoms with Crippen molar-refractivity contribution in [3.63, 3.8) is 0 Å². The van der Waals surface area contributed by atoms with Crippen molar-refractivity contribution in [3.8, 4) is 11.5 Å². The van der Waals surface area contributed by atoms with Crippen molar-refractivity contribution in [2.75, 3.05) is 39.4 Å². The molecule has 0 fully saturated rings. The highest BCUT2D eigenvalue weighted by molar-refractivity contribution is 7.90. The maximum atomic E-state index is 12.4. The minimum atomic E-state index is -3.23. The van der Waals surface area contributed by atoms with Crippen LogP contribution in [0.2, 0.25) is 0 Å². The third kappa shape index (κ3) is 5.46. The van der Waals surface area contributed by atoms with Gasteiger partial charge >= 0.3 is 0 Å². The summed E-state index contributed by atoms with van der Waals surface area (Å²) in [7, 11) is 1.69. The number of nitrogens with zero attached hydrogens (tertiary/aromatic N) is 1. The van der Waals surface area contributed by atoms with E-state index in [0.29, 0.717) is 17.2 Å². The number of benzene rings is 2. The van der Waals surface area contributed by atoms with Crippen LogP contribution in [0.4, 0.5) is 5.69 Å². The molecular weight excluding hydrogens is 380 g/mol. The molecule has 0 aliphatic carbocycles. The molecule has 0 aliphatic heterocycles. The Morgan fingerprint density at radius 1 is 1.11 bits per heavy atom. The van der Waals surface area contributed by atoms with Crippen molar-refractivity contribution >= 4 is 21.4 Å². The Morgan fingerprint density at radius 2 is 1.75 bits per heavy atom. The van der Waals surface area contributed by atoms with Crippen molar-refractivity contribution in [2.45, 2.75) is 17.9 Å². The van der Waals surface area contributed by atoms with E-state index in [1.807, 2.05) is 18.9 Å². The second kappa shape index (κ2) is 9.07. The number of nitrogens with one attached hydrogen (secondary N) is 1. The normalized spacial score (nSPS) is 12.5. The molecule has 0 radical (unpaired) electrons.